The molecule has 0 aromatic heterocycles. The van der Waals surface area contributed by atoms with Crippen LogP contribution in [0, 0.1) is 0 Å². The van der Waals surface area contributed by atoms with Crippen molar-refractivity contribution >= 4 is 21.6 Å². The van der Waals surface area contributed by atoms with E-state index in [4.69, 9.17) is 16.3 Å². The Hall–Kier alpha value is -0.780. The predicted molar refractivity (Wildman–Crippen MR) is 84.5 cm³/mol. The summed E-state index contributed by atoms with van der Waals surface area (Å²) in [5, 5.41) is 0.451. The summed E-state index contributed by atoms with van der Waals surface area (Å²) in [6.45, 7) is 3.87. The summed E-state index contributed by atoms with van der Waals surface area (Å²) < 4.78 is 32.2. The lowest BCUT2D eigenvalue weighted by atomic mass is 10.3. The molecule has 0 atom stereocenters. The molecule has 0 bridgehead atoms. The second kappa shape index (κ2) is 7.47. The molecule has 2 rings (SSSR count). The van der Waals surface area contributed by atoms with Crippen molar-refractivity contribution in [2.75, 3.05) is 19.7 Å². The Morgan fingerprint density at radius 1 is 1.24 bits per heavy atom. The molecule has 21 heavy (non-hydrogen) atoms. The quantitative estimate of drug-likeness (QED) is 0.716. The van der Waals surface area contributed by atoms with E-state index in [0.717, 1.165) is 32.1 Å². The maximum absolute atomic E-state index is 12.5. The first-order valence-corrected chi connectivity index (χ1v) is 9.30. The van der Waals surface area contributed by atoms with Crippen LogP contribution in [0.2, 0.25) is 5.02 Å². The van der Waals surface area contributed by atoms with Gasteiger partial charge in [-0.25, -0.2) is 8.42 Å². The molecular formula is C15H22ClNO3S. The second-order valence-corrected chi connectivity index (χ2v) is 7.60. The van der Waals surface area contributed by atoms with Crippen LogP contribution < -0.4 is 4.74 Å². The van der Waals surface area contributed by atoms with Gasteiger partial charge in [0, 0.05) is 19.2 Å². The Kier molecular flexibility index (Phi) is 5.90. The maximum Gasteiger partial charge on any atom is 0.243 e. The lowest BCUT2D eigenvalue weighted by Gasteiger charge is -2.16. The van der Waals surface area contributed by atoms with Crippen molar-refractivity contribution in [1.29, 1.82) is 0 Å². The van der Waals surface area contributed by atoms with Gasteiger partial charge in [0.05, 0.1) is 16.5 Å². The van der Waals surface area contributed by atoms with E-state index in [1.54, 1.807) is 18.2 Å². The number of sulfonamides is 1. The lowest BCUT2D eigenvalue weighted by Crippen LogP contribution is -2.27. The fraction of sp³-hybridized carbons (Fsp3) is 0.600. The number of rotatable bonds is 7. The van der Waals surface area contributed by atoms with Crippen molar-refractivity contribution in [3.05, 3.63) is 23.2 Å². The van der Waals surface area contributed by atoms with Crippen LogP contribution in [-0.2, 0) is 10.0 Å². The SMILES string of the molecule is CCCCCOc1cc(S(=O)(=O)N2CCCC2)ccc1Cl. The summed E-state index contributed by atoms with van der Waals surface area (Å²) >= 11 is 6.09. The van der Waals surface area contributed by atoms with Gasteiger partial charge in [0.2, 0.25) is 10.0 Å². The average molecular weight is 332 g/mol. The van der Waals surface area contributed by atoms with E-state index in [-0.39, 0.29) is 4.90 Å². The first kappa shape index (κ1) is 16.6. The zero-order valence-electron chi connectivity index (χ0n) is 12.3. The smallest absolute Gasteiger partial charge is 0.243 e. The van der Waals surface area contributed by atoms with Gasteiger partial charge in [0.25, 0.3) is 0 Å². The van der Waals surface area contributed by atoms with Gasteiger partial charge in [-0.15, -0.1) is 0 Å². The van der Waals surface area contributed by atoms with Crippen molar-refractivity contribution in [1.82, 2.24) is 4.31 Å². The first-order valence-electron chi connectivity index (χ1n) is 7.48. The number of ether oxygens (including phenoxy) is 1. The number of hydrogen-bond acceptors (Lipinski definition) is 3. The van der Waals surface area contributed by atoms with Crippen LogP contribution in [0.1, 0.15) is 39.0 Å². The predicted octanol–water partition coefficient (Wildman–Crippen LogP) is 3.69. The molecule has 0 radical (unpaired) electrons. The van der Waals surface area contributed by atoms with Crippen LogP contribution in [0.4, 0.5) is 0 Å². The van der Waals surface area contributed by atoms with Gasteiger partial charge in [-0.3, -0.25) is 0 Å². The second-order valence-electron chi connectivity index (χ2n) is 5.26. The Morgan fingerprint density at radius 2 is 1.95 bits per heavy atom. The van der Waals surface area contributed by atoms with Crippen molar-refractivity contribution in [2.45, 2.75) is 43.9 Å². The summed E-state index contributed by atoms with van der Waals surface area (Å²) in [6.07, 6.45) is 4.99. The third-order valence-corrected chi connectivity index (χ3v) is 5.82. The van der Waals surface area contributed by atoms with E-state index in [2.05, 4.69) is 6.92 Å². The van der Waals surface area contributed by atoms with Crippen LogP contribution in [-0.4, -0.2) is 32.4 Å². The van der Waals surface area contributed by atoms with Crippen molar-refractivity contribution < 1.29 is 13.2 Å². The highest BCUT2D eigenvalue weighted by Crippen LogP contribution is 2.30. The molecule has 6 heteroatoms. The van der Waals surface area contributed by atoms with E-state index >= 15 is 0 Å². The molecular weight excluding hydrogens is 310 g/mol. The van der Waals surface area contributed by atoms with Gasteiger partial charge < -0.3 is 4.74 Å². The zero-order valence-corrected chi connectivity index (χ0v) is 13.9. The summed E-state index contributed by atoms with van der Waals surface area (Å²) in [5.74, 6) is 0.452. The van der Waals surface area contributed by atoms with Crippen molar-refractivity contribution in [2.24, 2.45) is 0 Å². The standard InChI is InChI=1S/C15H22ClNO3S/c1-2-3-6-11-20-15-12-13(7-8-14(15)16)21(18,19)17-9-4-5-10-17/h7-8,12H,2-6,9-11H2,1H3. The van der Waals surface area contributed by atoms with E-state index in [1.165, 1.54) is 4.31 Å². The van der Waals surface area contributed by atoms with E-state index in [9.17, 15) is 8.42 Å². The van der Waals surface area contributed by atoms with E-state index in [1.807, 2.05) is 0 Å². The molecule has 118 valence electrons. The highest BCUT2D eigenvalue weighted by Gasteiger charge is 2.27. The van der Waals surface area contributed by atoms with Crippen LogP contribution in [0.3, 0.4) is 0 Å². The van der Waals surface area contributed by atoms with E-state index in [0.29, 0.717) is 30.5 Å². The Balaban J connectivity index is 2.13. The molecule has 1 aromatic carbocycles. The summed E-state index contributed by atoms with van der Waals surface area (Å²) in [6, 6.07) is 4.69. The third kappa shape index (κ3) is 4.11. The molecule has 4 nitrogen and oxygen atoms in total. The minimum atomic E-state index is -3.42. The van der Waals surface area contributed by atoms with Crippen LogP contribution in [0.15, 0.2) is 23.1 Å². The molecule has 0 amide bonds. The largest absolute Gasteiger partial charge is 0.492 e. The van der Waals surface area contributed by atoms with Crippen LogP contribution in [0.5, 0.6) is 5.75 Å². The molecule has 1 aliphatic heterocycles. The topological polar surface area (TPSA) is 46.6 Å². The lowest BCUT2D eigenvalue weighted by molar-refractivity contribution is 0.305. The Bertz CT molecular complexity index is 568. The number of unbranched alkanes of at least 4 members (excludes halogenated alkanes) is 2. The van der Waals surface area contributed by atoms with Crippen LogP contribution >= 0.6 is 11.6 Å². The fourth-order valence-electron chi connectivity index (χ4n) is 2.37. The van der Waals surface area contributed by atoms with Crippen LogP contribution in [0.25, 0.3) is 0 Å². The molecule has 1 aromatic rings. The number of nitrogens with zero attached hydrogens (tertiary/aromatic N) is 1. The molecule has 0 unspecified atom stereocenters. The zero-order chi connectivity index (χ0) is 15.3. The van der Waals surface area contributed by atoms with Gasteiger partial charge >= 0.3 is 0 Å². The maximum atomic E-state index is 12.5. The minimum absolute atomic E-state index is 0.263. The van der Waals surface area contributed by atoms with Crippen molar-refractivity contribution in [3.8, 4) is 5.75 Å². The first-order chi connectivity index (χ1) is 10.1. The molecule has 0 spiro atoms. The highest BCUT2D eigenvalue weighted by molar-refractivity contribution is 7.89. The molecule has 1 fully saturated rings. The summed E-state index contributed by atoms with van der Waals surface area (Å²) in [7, 11) is -3.42. The number of benzene rings is 1. The molecule has 1 heterocycles. The van der Waals surface area contributed by atoms with Crippen molar-refractivity contribution in [3.63, 3.8) is 0 Å². The molecule has 0 N–H and O–H groups in total. The minimum Gasteiger partial charge on any atom is -0.492 e. The fourth-order valence-corrected chi connectivity index (χ4v) is 4.07. The highest BCUT2D eigenvalue weighted by atomic mass is 35.5. The summed E-state index contributed by atoms with van der Waals surface area (Å²) in [4.78, 5) is 0.263. The molecule has 0 saturated carbocycles. The Morgan fingerprint density at radius 3 is 2.62 bits per heavy atom. The summed E-state index contributed by atoms with van der Waals surface area (Å²) in [5.41, 5.74) is 0. The molecule has 1 aliphatic rings. The van der Waals surface area contributed by atoms with Gasteiger partial charge in [-0.2, -0.15) is 4.31 Å². The molecule has 0 aliphatic carbocycles. The van der Waals surface area contributed by atoms with Gasteiger partial charge in [0.15, 0.2) is 0 Å². The van der Waals surface area contributed by atoms with Gasteiger partial charge in [-0.05, 0) is 31.4 Å². The average Bonchev–Trinajstić information content (AvgIpc) is 3.00. The normalized spacial score (nSPS) is 16.3. The number of hydrogen-bond donors (Lipinski definition) is 0. The van der Waals surface area contributed by atoms with Gasteiger partial charge in [0.1, 0.15) is 5.75 Å². The monoisotopic (exact) mass is 331 g/mol. The molecule has 1 saturated heterocycles. The third-order valence-electron chi connectivity index (χ3n) is 3.61. The Labute approximate surface area is 132 Å². The van der Waals surface area contributed by atoms with Gasteiger partial charge in [-0.1, -0.05) is 31.4 Å². The van der Waals surface area contributed by atoms with E-state index < -0.39 is 10.0 Å². The number of halogens is 1.